The van der Waals surface area contributed by atoms with Crippen LogP contribution < -0.4 is 0 Å². The van der Waals surface area contributed by atoms with Gasteiger partial charge in [-0.2, -0.15) is 0 Å². The standard InChI is InChI=1S/C10H16/c1-7-2-3-8-4-9-6-10(8,9)5-7/h7-9H,2-6H2,1H3. The molecule has 0 aromatic carbocycles. The van der Waals surface area contributed by atoms with Crippen LogP contribution in [0.15, 0.2) is 0 Å². The highest BCUT2D eigenvalue weighted by molar-refractivity contribution is 5.17. The first-order valence-corrected chi connectivity index (χ1v) is 4.81. The molecule has 10 heavy (non-hydrogen) atoms. The van der Waals surface area contributed by atoms with Crippen molar-refractivity contribution in [1.82, 2.24) is 0 Å². The molecule has 0 amide bonds. The molecule has 3 aliphatic carbocycles. The van der Waals surface area contributed by atoms with Crippen molar-refractivity contribution in [3.05, 3.63) is 0 Å². The molecule has 0 saturated heterocycles. The predicted octanol–water partition coefficient (Wildman–Crippen LogP) is 2.83. The van der Waals surface area contributed by atoms with E-state index in [9.17, 15) is 0 Å². The zero-order valence-corrected chi connectivity index (χ0v) is 6.77. The van der Waals surface area contributed by atoms with E-state index in [4.69, 9.17) is 0 Å². The summed E-state index contributed by atoms with van der Waals surface area (Å²) >= 11 is 0. The zero-order valence-electron chi connectivity index (χ0n) is 6.77. The molecule has 0 aromatic heterocycles. The minimum atomic E-state index is 0.956. The van der Waals surface area contributed by atoms with Gasteiger partial charge in [0, 0.05) is 0 Å². The van der Waals surface area contributed by atoms with Gasteiger partial charge in [0.1, 0.15) is 0 Å². The van der Waals surface area contributed by atoms with E-state index in [1.165, 1.54) is 18.3 Å². The molecule has 0 radical (unpaired) electrons. The molecule has 3 rings (SSSR count). The SMILES string of the molecule is CC1CCC2CC3CC23C1. The van der Waals surface area contributed by atoms with Crippen molar-refractivity contribution in [2.24, 2.45) is 23.2 Å². The Morgan fingerprint density at radius 1 is 1.10 bits per heavy atom. The predicted molar refractivity (Wildman–Crippen MR) is 41.7 cm³/mol. The third-order valence-electron chi connectivity index (χ3n) is 4.40. The van der Waals surface area contributed by atoms with Gasteiger partial charge in [-0.1, -0.05) is 13.3 Å². The fraction of sp³-hybridized carbons (Fsp3) is 1.00. The Kier molecular flexibility index (Phi) is 0.810. The van der Waals surface area contributed by atoms with Crippen molar-refractivity contribution in [3.63, 3.8) is 0 Å². The Morgan fingerprint density at radius 3 is 2.60 bits per heavy atom. The van der Waals surface area contributed by atoms with Gasteiger partial charge < -0.3 is 0 Å². The third-order valence-corrected chi connectivity index (χ3v) is 4.40. The molecule has 0 aromatic rings. The Bertz CT molecular complexity index is 173. The average Bonchev–Trinajstić information content (AvgIpc) is 2.46. The van der Waals surface area contributed by atoms with E-state index in [0.717, 1.165) is 11.3 Å². The Balaban J connectivity index is 1.83. The second-order valence-corrected chi connectivity index (χ2v) is 4.95. The zero-order chi connectivity index (χ0) is 6.77. The van der Waals surface area contributed by atoms with Gasteiger partial charge in [-0.15, -0.1) is 0 Å². The molecule has 3 fully saturated rings. The van der Waals surface area contributed by atoms with Crippen molar-refractivity contribution >= 4 is 0 Å². The first kappa shape index (κ1) is 5.62. The Labute approximate surface area is 63.0 Å². The summed E-state index contributed by atoms with van der Waals surface area (Å²) in [6, 6.07) is 0. The summed E-state index contributed by atoms with van der Waals surface area (Å²) in [4.78, 5) is 0. The van der Waals surface area contributed by atoms with Gasteiger partial charge in [0.25, 0.3) is 0 Å². The third kappa shape index (κ3) is 0.466. The number of rotatable bonds is 0. The minimum absolute atomic E-state index is 0.956. The lowest BCUT2D eigenvalue weighted by Gasteiger charge is -2.43. The van der Waals surface area contributed by atoms with E-state index in [0.29, 0.717) is 0 Å². The van der Waals surface area contributed by atoms with Gasteiger partial charge in [-0.25, -0.2) is 0 Å². The average molecular weight is 136 g/mol. The summed E-state index contributed by atoms with van der Waals surface area (Å²) in [7, 11) is 0. The molecule has 0 bridgehead atoms. The molecule has 0 heteroatoms. The first-order valence-electron chi connectivity index (χ1n) is 4.81. The summed E-state index contributed by atoms with van der Waals surface area (Å²) in [6.45, 7) is 2.44. The highest BCUT2D eigenvalue weighted by Crippen LogP contribution is 2.76. The number of hydrogen-bond donors (Lipinski definition) is 0. The maximum Gasteiger partial charge on any atom is -0.0235 e. The summed E-state index contributed by atoms with van der Waals surface area (Å²) in [5.41, 5.74) is 0.956. The van der Waals surface area contributed by atoms with Gasteiger partial charge >= 0.3 is 0 Å². The molecule has 0 heterocycles. The maximum absolute atomic E-state index is 2.44. The smallest absolute Gasteiger partial charge is 0.0235 e. The fourth-order valence-corrected chi connectivity index (χ4v) is 3.69. The van der Waals surface area contributed by atoms with Crippen LogP contribution in [0.3, 0.4) is 0 Å². The molecule has 56 valence electrons. The van der Waals surface area contributed by atoms with E-state index in [1.807, 2.05) is 0 Å². The van der Waals surface area contributed by atoms with Gasteiger partial charge in [-0.3, -0.25) is 0 Å². The largest absolute Gasteiger partial charge is 0.0625 e. The lowest BCUT2D eigenvalue weighted by molar-refractivity contribution is 0.0677. The van der Waals surface area contributed by atoms with Crippen LogP contribution in [-0.2, 0) is 0 Å². The van der Waals surface area contributed by atoms with Crippen LogP contribution in [0.5, 0.6) is 0 Å². The Morgan fingerprint density at radius 2 is 2.00 bits per heavy atom. The quantitative estimate of drug-likeness (QED) is 0.480. The van der Waals surface area contributed by atoms with Crippen LogP contribution in [0.4, 0.5) is 0 Å². The monoisotopic (exact) mass is 136 g/mol. The Hall–Kier alpha value is 0. The van der Waals surface area contributed by atoms with E-state index in [-0.39, 0.29) is 0 Å². The molecule has 3 aliphatic rings. The molecule has 0 N–H and O–H groups in total. The summed E-state index contributed by atoms with van der Waals surface area (Å²) in [5, 5.41) is 0. The van der Waals surface area contributed by atoms with Gasteiger partial charge in [-0.05, 0) is 48.9 Å². The van der Waals surface area contributed by atoms with E-state index in [2.05, 4.69) is 6.92 Å². The second kappa shape index (κ2) is 1.44. The lowest BCUT2D eigenvalue weighted by atomic mass is 9.62. The van der Waals surface area contributed by atoms with Crippen LogP contribution >= 0.6 is 0 Å². The highest BCUT2D eigenvalue weighted by atomic mass is 14.7. The van der Waals surface area contributed by atoms with E-state index < -0.39 is 0 Å². The van der Waals surface area contributed by atoms with Crippen molar-refractivity contribution in [2.75, 3.05) is 0 Å². The van der Waals surface area contributed by atoms with E-state index >= 15 is 0 Å². The molecule has 1 spiro atoms. The molecule has 4 unspecified atom stereocenters. The van der Waals surface area contributed by atoms with Gasteiger partial charge in [0.2, 0.25) is 0 Å². The normalized spacial score (nSPS) is 63.9. The van der Waals surface area contributed by atoms with Crippen LogP contribution in [0.25, 0.3) is 0 Å². The second-order valence-electron chi connectivity index (χ2n) is 4.95. The molecule has 0 aliphatic heterocycles. The molecule has 3 saturated carbocycles. The lowest BCUT2D eigenvalue weighted by Crippen LogP contribution is -2.34. The van der Waals surface area contributed by atoms with E-state index in [1.54, 1.807) is 25.7 Å². The molecule has 0 nitrogen and oxygen atoms in total. The number of hydrogen-bond acceptors (Lipinski definition) is 0. The van der Waals surface area contributed by atoms with Crippen molar-refractivity contribution < 1.29 is 0 Å². The molecular weight excluding hydrogens is 120 g/mol. The van der Waals surface area contributed by atoms with Crippen LogP contribution in [0.1, 0.15) is 39.0 Å². The van der Waals surface area contributed by atoms with Gasteiger partial charge in [0.15, 0.2) is 0 Å². The van der Waals surface area contributed by atoms with Crippen LogP contribution in [0, 0.1) is 23.2 Å². The van der Waals surface area contributed by atoms with Crippen molar-refractivity contribution in [1.29, 1.82) is 0 Å². The molecule has 4 atom stereocenters. The van der Waals surface area contributed by atoms with Crippen molar-refractivity contribution in [2.45, 2.75) is 39.0 Å². The minimum Gasteiger partial charge on any atom is -0.0625 e. The first-order chi connectivity index (χ1) is 4.81. The maximum atomic E-state index is 2.44. The van der Waals surface area contributed by atoms with Crippen LogP contribution in [-0.4, -0.2) is 0 Å². The van der Waals surface area contributed by atoms with Gasteiger partial charge in [0.05, 0.1) is 0 Å². The molecular formula is C10H16. The summed E-state index contributed by atoms with van der Waals surface area (Å²) < 4.78 is 0. The summed E-state index contributed by atoms with van der Waals surface area (Å²) in [6.07, 6.45) is 7.90. The van der Waals surface area contributed by atoms with Crippen LogP contribution in [0.2, 0.25) is 0 Å². The fourth-order valence-electron chi connectivity index (χ4n) is 3.69. The topological polar surface area (TPSA) is 0 Å². The summed E-state index contributed by atoms with van der Waals surface area (Å²) in [5.74, 6) is 3.45. The highest BCUT2D eigenvalue weighted by Gasteiger charge is 2.67. The van der Waals surface area contributed by atoms with Crippen molar-refractivity contribution in [3.8, 4) is 0 Å².